The van der Waals surface area contributed by atoms with Crippen molar-refractivity contribution in [3.8, 4) is 0 Å². The molecule has 0 aliphatic carbocycles. The summed E-state index contributed by atoms with van der Waals surface area (Å²) in [5.74, 6) is -0.973. The van der Waals surface area contributed by atoms with E-state index in [2.05, 4.69) is 9.72 Å². The summed E-state index contributed by atoms with van der Waals surface area (Å²) in [6, 6.07) is 1.80. The van der Waals surface area contributed by atoms with Gasteiger partial charge in [0.05, 0.1) is 7.11 Å². The van der Waals surface area contributed by atoms with E-state index in [1.165, 1.54) is 14.0 Å². The van der Waals surface area contributed by atoms with E-state index in [-0.39, 0.29) is 5.92 Å². The minimum absolute atomic E-state index is 0.344. The van der Waals surface area contributed by atoms with E-state index in [9.17, 15) is 9.90 Å². The van der Waals surface area contributed by atoms with E-state index in [1.807, 2.05) is 6.92 Å². The molecule has 0 amide bonds. The second-order valence-corrected chi connectivity index (χ2v) is 4.09. The van der Waals surface area contributed by atoms with Crippen molar-refractivity contribution in [3.05, 3.63) is 29.6 Å². The van der Waals surface area contributed by atoms with Gasteiger partial charge in [-0.15, -0.1) is 0 Å². The Balaban J connectivity index is 3.07. The van der Waals surface area contributed by atoms with Crippen molar-refractivity contribution < 1.29 is 14.6 Å². The lowest BCUT2D eigenvalue weighted by atomic mass is 9.83. The van der Waals surface area contributed by atoms with Crippen LogP contribution in [-0.4, -0.2) is 28.8 Å². The number of carbonyl (C=O) groups excluding carboxylic acids is 1. The highest BCUT2D eigenvalue weighted by Crippen LogP contribution is 2.30. The molecule has 2 atom stereocenters. The molecule has 88 valence electrons. The summed E-state index contributed by atoms with van der Waals surface area (Å²) in [5, 5.41) is 10.1. The van der Waals surface area contributed by atoms with Gasteiger partial charge in [0.25, 0.3) is 0 Å². The Hall–Kier alpha value is -1.42. The monoisotopic (exact) mass is 223 g/mol. The third-order valence-electron chi connectivity index (χ3n) is 2.97. The van der Waals surface area contributed by atoms with Gasteiger partial charge >= 0.3 is 5.97 Å². The van der Waals surface area contributed by atoms with Crippen LogP contribution in [0.25, 0.3) is 0 Å². The molecular weight excluding hydrogens is 206 g/mol. The molecule has 0 saturated heterocycles. The molecular formula is C12H17NO3. The maximum Gasteiger partial charge on any atom is 0.338 e. The first kappa shape index (κ1) is 12.6. The fourth-order valence-electron chi connectivity index (χ4n) is 1.66. The van der Waals surface area contributed by atoms with Gasteiger partial charge < -0.3 is 9.84 Å². The number of esters is 1. The molecule has 1 aromatic heterocycles. The molecule has 0 aliphatic heterocycles. The Labute approximate surface area is 95.3 Å². The molecule has 0 saturated carbocycles. The molecule has 1 aromatic rings. The maximum atomic E-state index is 11.5. The number of methoxy groups -OCH3 is 1. The second-order valence-electron chi connectivity index (χ2n) is 4.09. The van der Waals surface area contributed by atoms with Gasteiger partial charge in [-0.1, -0.05) is 6.92 Å². The fourth-order valence-corrected chi connectivity index (χ4v) is 1.66. The molecule has 0 spiro atoms. The topological polar surface area (TPSA) is 59.4 Å². The molecule has 0 radical (unpaired) electrons. The summed E-state index contributed by atoms with van der Waals surface area (Å²) < 4.78 is 4.59. The third-order valence-corrected chi connectivity index (χ3v) is 2.97. The van der Waals surface area contributed by atoms with E-state index in [1.54, 1.807) is 25.4 Å². The Bertz CT molecular complexity index is 388. The van der Waals surface area contributed by atoms with Crippen LogP contribution in [0.1, 0.15) is 30.9 Å². The van der Waals surface area contributed by atoms with Crippen molar-refractivity contribution in [2.45, 2.75) is 32.3 Å². The number of pyridine rings is 1. The Morgan fingerprint density at radius 2 is 2.25 bits per heavy atom. The molecule has 16 heavy (non-hydrogen) atoms. The van der Waals surface area contributed by atoms with Gasteiger partial charge in [-0.2, -0.15) is 0 Å². The van der Waals surface area contributed by atoms with Crippen LogP contribution < -0.4 is 0 Å². The number of aliphatic hydroxyl groups is 1. The minimum atomic E-state index is -1.53. The third kappa shape index (κ3) is 2.22. The zero-order chi connectivity index (χ0) is 12.3. The molecule has 0 bridgehead atoms. The first-order valence-electron chi connectivity index (χ1n) is 5.12. The number of aromatic nitrogens is 1. The van der Waals surface area contributed by atoms with Gasteiger partial charge in [0.15, 0.2) is 5.60 Å². The number of rotatable bonds is 3. The van der Waals surface area contributed by atoms with Gasteiger partial charge in [-0.05, 0) is 31.0 Å². The summed E-state index contributed by atoms with van der Waals surface area (Å²) in [6.45, 7) is 5.15. The van der Waals surface area contributed by atoms with Crippen molar-refractivity contribution in [1.29, 1.82) is 0 Å². The van der Waals surface area contributed by atoms with Crippen LogP contribution >= 0.6 is 0 Å². The predicted octanol–water partition coefficient (Wildman–Crippen LogP) is 1.42. The zero-order valence-corrected chi connectivity index (χ0v) is 10.0. The van der Waals surface area contributed by atoms with Gasteiger partial charge in [0, 0.05) is 18.3 Å². The van der Waals surface area contributed by atoms with Crippen LogP contribution in [0.3, 0.4) is 0 Å². The quantitative estimate of drug-likeness (QED) is 0.787. The lowest BCUT2D eigenvalue weighted by Crippen LogP contribution is -2.41. The van der Waals surface area contributed by atoms with Crippen LogP contribution in [0.4, 0.5) is 0 Å². The van der Waals surface area contributed by atoms with E-state index in [0.717, 1.165) is 11.1 Å². The second kappa shape index (κ2) is 4.61. The van der Waals surface area contributed by atoms with Crippen molar-refractivity contribution in [2.75, 3.05) is 7.11 Å². The molecule has 1 N–H and O–H groups in total. The number of carbonyl (C=O) groups is 1. The van der Waals surface area contributed by atoms with Crippen LogP contribution in [0.2, 0.25) is 0 Å². The Morgan fingerprint density at radius 1 is 1.62 bits per heavy atom. The summed E-state index contributed by atoms with van der Waals surface area (Å²) in [4.78, 5) is 15.4. The van der Waals surface area contributed by atoms with Crippen LogP contribution in [0.15, 0.2) is 18.5 Å². The zero-order valence-electron chi connectivity index (χ0n) is 10.0. The van der Waals surface area contributed by atoms with Gasteiger partial charge in [-0.25, -0.2) is 4.79 Å². The molecule has 4 nitrogen and oxygen atoms in total. The molecule has 0 fully saturated rings. The lowest BCUT2D eigenvalue weighted by Gasteiger charge is -2.28. The summed E-state index contributed by atoms with van der Waals surface area (Å²) in [5.41, 5.74) is 0.311. The first-order chi connectivity index (χ1) is 7.41. The van der Waals surface area contributed by atoms with Crippen molar-refractivity contribution >= 4 is 5.97 Å². The molecule has 0 unspecified atom stereocenters. The highest BCUT2D eigenvalue weighted by molar-refractivity contribution is 5.80. The van der Waals surface area contributed by atoms with E-state index in [4.69, 9.17) is 0 Å². The number of aryl methyl sites for hydroxylation is 1. The van der Waals surface area contributed by atoms with E-state index >= 15 is 0 Å². The number of nitrogens with zero attached hydrogens (tertiary/aromatic N) is 1. The number of hydrogen-bond donors (Lipinski definition) is 1. The fraction of sp³-hybridized carbons (Fsp3) is 0.500. The molecule has 4 heteroatoms. The largest absolute Gasteiger partial charge is 0.467 e. The van der Waals surface area contributed by atoms with Crippen LogP contribution in [-0.2, 0) is 9.53 Å². The first-order valence-corrected chi connectivity index (χ1v) is 5.12. The van der Waals surface area contributed by atoms with Crippen LogP contribution in [0.5, 0.6) is 0 Å². The minimum Gasteiger partial charge on any atom is -0.467 e. The summed E-state index contributed by atoms with van der Waals surface area (Å²) >= 11 is 0. The average molecular weight is 223 g/mol. The molecule has 0 aromatic carbocycles. The smallest absolute Gasteiger partial charge is 0.338 e. The predicted molar refractivity (Wildman–Crippen MR) is 60.0 cm³/mol. The van der Waals surface area contributed by atoms with Crippen molar-refractivity contribution in [1.82, 2.24) is 4.98 Å². The van der Waals surface area contributed by atoms with Gasteiger partial charge in [0.1, 0.15) is 0 Å². The molecule has 0 aliphatic rings. The van der Waals surface area contributed by atoms with Gasteiger partial charge in [-0.3, -0.25) is 4.98 Å². The highest BCUT2D eigenvalue weighted by Gasteiger charge is 2.39. The lowest BCUT2D eigenvalue weighted by molar-refractivity contribution is -0.162. The van der Waals surface area contributed by atoms with E-state index < -0.39 is 11.6 Å². The summed E-state index contributed by atoms with van der Waals surface area (Å²) in [6.07, 6.45) is 3.35. The Morgan fingerprint density at radius 3 is 2.75 bits per heavy atom. The normalized spacial score (nSPS) is 16.3. The maximum absolute atomic E-state index is 11.5. The van der Waals surface area contributed by atoms with E-state index in [0.29, 0.717) is 0 Å². The average Bonchev–Trinajstić information content (AvgIpc) is 2.27. The Kier molecular flexibility index (Phi) is 3.65. The van der Waals surface area contributed by atoms with Crippen LogP contribution in [0, 0.1) is 6.92 Å². The summed E-state index contributed by atoms with van der Waals surface area (Å²) in [7, 11) is 1.27. The number of ether oxygens (including phenoxy) is 1. The number of hydrogen-bond acceptors (Lipinski definition) is 4. The van der Waals surface area contributed by atoms with Crippen molar-refractivity contribution in [3.63, 3.8) is 0 Å². The van der Waals surface area contributed by atoms with Crippen molar-refractivity contribution in [2.24, 2.45) is 0 Å². The standard InChI is InChI=1S/C12H17NO3/c1-8-7-13-6-5-10(8)9(2)12(3,15)11(14)16-4/h5-7,9,15H,1-4H3/t9-,12+/m0/s1. The molecule has 1 rings (SSSR count). The SMILES string of the molecule is COC(=O)[C@](C)(O)[C@@H](C)c1ccncc1C. The van der Waals surface area contributed by atoms with Gasteiger partial charge in [0.2, 0.25) is 0 Å². The molecule has 1 heterocycles. The highest BCUT2D eigenvalue weighted by atomic mass is 16.5.